The molecular weight excluding hydrogens is 278 g/mol. The highest BCUT2D eigenvalue weighted by Gasteiger charge is 2.07. The molecule has 0 saturated heterocycles. The van der Waals surface area contributed by atoms with Crippen LogP contribution >= 0.6 is 0 Å². The van der Waals surface area contributed by atoms with Gasteiger partial charge < -0.3 is 10.6 Å². The van der Waals surface area contributed by atoms with Crippen molar-refractivity contribution in [2.45, 2.75) is 25.7 Å². The zero-order valence-electron chi connectivity index (χ0n) is 11.7. The number of carbonyl (C=O) groups excluding carboxylic acids is 1. The molecule has 0 spiro atoms. The minimum atomic E-state index is -3.72. The first-order chi connectivity index (χ1) is 9.20. The minimum absolute atomic E-state index is 0.000920. The molecule has 0 aliphatic rings. The number of amides is 2. The van der Waals surface area contributed by atoms with Crippen LogP contribution in [0.4, 0.5) is 10.5 Å². The van der Waals surface area contributed by atoms with Gasteiger partial charge in [0.15, 0.2) is 0 Å². The van der Waals surface area contributed by atoms with E-state index in [0.29, 0.717) is 11.6 Å². The van der Waals surface area contributed by atoms with Crippen LogP contribution in [0.15, 0.2) is 40.9 Å². The second-order valence-electron chi connectivity index (χ2n) is 4.71. The number of hydrogen-bond acceptors (Lipinski definition) is 3. The van der Waals surface area contributed by atoms with Crippen molar-refractivity contribution in [2.75, 3.05) is 5.32 Å². The number of anilines is 1. The van der Waals surface area contributed by atoms with Gasteiger partial charge in [0.05, 0.1) is 4.90 Å². The molecule has 110 valence electrons. The van der Waals surface area contributed by atoms with E-state index in [9.17, 15) is 13.2 Å². The Morgan fingerprint density at radius 3 is 2.25 bits per heavy atom. The summed E-state index contributed by atoms with van der Waals surface area (Å²) in [7, 11) is -3.72. The van der Waals surface area contributed by atoms with E-state index in [-0.39, 0.29) is 4.90 Å². The zero-order valence-corrected chi connectivity index (χ0v) is 12.5. The van der Waals surface area contributed by atoms with Crippen LogP contribution < -0.4 is 15.8 Å². The molecule has 0 unspecified atom stereocenters. The normalized spacial score (nSPS) is 12.3. The van der Waals surface area contributed by atoms with Crippen molar-refractivity contribution in [3.8, 4) is 0 Å². The molecule has 0 fully saturated rings. The van der Waals surface area contributed by atoms with E-state index in [1.807, 2.05) is 20.8 Å². The first-order valence-corrected chi connectivity index (χ1v) is 7.62. The Kier molecular flexibility index (Phi) is 5.29. The largest absolute Gasteiger partial charge is 0.323 e. The van der Waals surface area contributed by atoms with E-state index in [1.54, 1.807) is 6.20 Å². The number of nitrogens with two attached hydrogens (primary N) is 1. The molecule has 1 rings (SSSR count). The Morgan fingerprint density at radius 2 is 1.80 bits per heavy atom. The fourth-order valence-corrected chi connectivity index (χ4v) is 1.76. The van der Waals surface area contributed by atoms with Crippen LogP contribution in [0.5, 0.6) is 0 Å². The molecule has 1 aromatic rings. The monoisotopic (exact) mass is 297 g/mol. The Labute approximate surface area is 119 Å². The zero-order chi connectivity index (χ0) is 15.3. The molecule has 6 nitrogen and oxygen atoms in total. The molecule has 0 bridgehead atoms. The van der Waals surface area contributed by atoms with Gasteiger partial charge in [-0.05, 0) is 37.1 Å². The van der Waals surface area contributed by atoms with E-state index in [2.05, 4.69) is 10.6 Å². The third-order valence-electron chi connectivity index (χ3n) is 2.78. The average molecular weight is 297 g/mol. The van der Waals surface area contributed by atoms with Gasteiger partial charge in [-0.25, -0.2) is 18.4 Å². The molecule has 7 heteroatoms. The van der Waals surface area contributed by atoms with Crippen molar-refractivity contribution < 1.29 is 13.2 Å². The van der Waals surface area contributed by atoms with Crippen molar-refractivity contribution in [3.05, 3.63) is 36.0 Å². The fourth-order valence-electron chi connectivity index (χ4n) is 1.24. The maximum atomic E-state index is 11.6. The molecule has 0 aromatic heterocycles. The Hall–Kier alpha value is -1.86. The summed E-state index contributed by atoms with van der Waals surface area (Å²) in [6.45, 7) is 5.97. The number of allylic oxidation sites excluding steroid dienone is 1. The van der Waals surface area contributed by atoms with Gasteiger partial charge in [-0.3, -0.25) is 0 Å². The molecular formula is C13H19N3O3S. The van der Waals surface area contributed by atoms with Crippen LogP contribution in [-0.4, -0.2) is 14.4 Å². The van der Waals surface area contributed by atoms with Crippen LogP contribution in [0.2, 0.25) is 0 Å². The first-order valence-electron chi connectivity index (χ1n) is 6.07. The Morgan fingerprint density at radius 1 is 1.25 bits per heavy atom. The number of carbonyl (C=O) groups is 1. The molecule has 0 aliphatic heterocycles. The van der Waals surface area contributed by atoms with E-state index in [1.165, 1.54) is 24.3 Å². The SMILES string of the molecule is C/C(=C\NC(=O)Nc1ccc(S(N)(=O)=O)cc1)C(C)C. The third kappa shape index (κ3) is 5.02. The van der Waals surface area contributed by atoms with Gasteiger partial charge in [-0.1, -0.05) is 19.4 Å². The highest BCUT2D eigenvalue weighted by Crippen LogP contribution is 2.12. The van der Waals surface area contributed by atoms with Gasteiger partial charge in [-0.2, -0.15) is 0 Å². The van der Waals surface area contributed by atoms with Crippen molar-refractivity contribution >= 4 is 21.7 Å². The summed E-state index contributed by atoms with van der Waals surface area (Å²) >= 11 is 0. The molecule has 0 radical (unpaired) electrons. The summed E-state index contributed by atoms with van der Waals surface area (Å²) in [5.74, 6) is 0.351. The highest BCUT2D eigenvalue weighted by molar-refractivity contribution is 7.89. The Bertz CT molecular complexity index is 604. The number of primary sulfonamides is 1. The molecule has 4 N–H and O–H groups in total. The van der Waals surface area contributed by atoms with Gasteiger partial charge >= 0.3 is 6.03 Å². The topological polar surface area (TPSA) is 101 Å². The number of sulfonamides is 1. The maximum Gasteiger partial charge on any atom is 0.323 e. The predicted octanol–water partition coefficient (Wildman–Crippen LogP) is 2.02. The van der Waals surface area contributed by atoms with Crippen LogP contribution in [0, 0.1) is 5.92 Å². The van der Waals surface area contributed by atoms with Gasteiger partial charge in [-0.15, -0.1) is 0 Å². The molecule has 0 heterocycles. The highest BCUT2D eigenvalue weighted by atomic mass is 32.2. The second-order valence-corrected chi connectivity index (χ2v) is 6.27. The lowest BCUT2D eigenvalue weighted by molar-refractivity contribution is 0.255. The Balaban J connectivity index is 2.66. The first kappa shape index (κ1) is 16.2. The smallest absolute Gasteiger partial charge is 0.314 e. The van der Waals surface area contributed by atoms with Gasteiger partial charge in [0, 0.05) is 11.9 Å². The number of hydrogen-bond donors (Lipinski definition) is 3. The average Bonchev–Trinajstić information content (AvgIpc) is 2.35. The van der Waals surface area contributed by atoms with E-state index in [4.69, 9.17) is 5.14 Å². The van der Waals surface area contributed by atoms with E-state index >= 15 is 0 Å². The lowest BCUT2D eigenvalue weighted by Gasteiger charge is -2.08. The number of nitrogens with one attached hydrogen (secondary N) is 2. The molecule has 0 saturated carbocycles. The number of urea groups is 1. The van der Waals surface area contributed by atoms with Crippen molar-refractivity contribution in [1.82, 2.24) is 5.32 Å². The molecule has 2 amide bonds. The van der Waals surface area contributed by atoms with E-state index < -0.39 is 16.1 Å². The summed E-state index contributed by atoms with van der Waals surface area (Å²) < 4.78 is 22.2. The van der Waals surface area contributed by atoms with Crippen molar-refractivity contribution in [2.24, 2.45) is 11.1 Å². The second kappa shape index (κ2) is 6.53. The third-order valence-corrected chi connectivity index (χ3v) is 3.71. The summed E-state index contributed by atoms with van der Waals surface area (Å²) in [5.41, 5.74) is 1.52. The van der Waals surface area contributed by atoms with E-state index in [0.717, 1.165) is 5.57 Å². The minimum Gasteiger partial charge on any atom is -0.314 e. The number of rotatable bonds is 4. The standard InChI is InChI=1S/C13H19N3O3S/c1-9(2)10(3)8-15-13(17)16-11-4-6-12(7-5-11)20(14,18)19/h4-9H,1-3H3,(H2,14,18,19)(H2,15,16,17)/b10-8+. The summed E-state index contributed by atoms with van der Waals surface area (Å²) in [5, 5.41) is 10.2. The van der Waals surface area contributed by atoms with Crippen LogP contribution in [-0.2, 0) is 10.0 Å². The lowest BCUT2D eigenvalue weighted by Crippen LogP contribution is -2.24. The molecule has 0 atom stereocenters. The van der Waals surface area contributed by atoms with Crippen LogP contribution in [0.25, 0.3) is 0 Å². The summed E-state index contributed by atoms with van der Waals surface area (Å²) in [4.78, 5) is 11.6. The molecule has 20 heavy (non-hydrogen) atoms. The van der Waals surface area contributed by atoms with Gasteiger partial charge in [0.2, 0.25) is 10.0 Å². The quantitative estimate of drug-likeness (QED) is 0.792. The number of benzene rings is 1. The fraction of sp³-hybridized carbons (Fsp3) is 0.308. The van der Waals surface area contributed by atoms with Gasteiger partial charge in [0.25, 0.3) is 0 Å². The maximum absolute atomic E-state index is 11.6. The lowest BCUT2D eigenvalue weighted by atomic mass is 10.1. The van der Waals surface area contributed by atoms with Gasteiger partial charge in [0.1, 0.15) is 0 Å². The van der Waals surface area contributed by atoms with Crippen LogP contribution in [0.1, 0.15) is 20.8 Å². The summed E-state index contributed by atoms with van der Waals surface area (Å²) in [6, 6.07) is 5.21. The molecule has 1 aromatic carbocycles. The van der Waals surface area contributed by atoms with Crippen molar-refractivity contribution in [1.29, 1.82) is 0 Å². The summed E-state index contributed by atoms with van der Waals surface area (Å²) in [6.07, 6.45) is 1.64. The van der Waals surface area contributed by atoms with Crippen LogP contribution in [0.3, 0.4) is 0 Å². The van der Waals surface area contributed by atoms with Crippen molar-refractivity contribution in [3.63, 3.8) is 0 Å². The molecule has 0 aliphatic carbocycles. The predicted molar refractivity (Wildman–Crippen MR) is 78.6 cm³/mol.